The summed E-state index contributed by atoms with van der Waals surface area (Å²) in [6.45, 7) is 1.89. The monoisotopic (exact) mass is 461 g/mol. The van der Waals surface area contributed by atoms with Crippen molar-refractivity contribution in [3.63, 3.8) is 0 Å². The maximum Gasteiger partial charge on any atom is 0.433 e. The molecule has 3 aromatic rings. The molecule has 0 radical (unpaired) electrons. The maximum absolute atomic E-state index is 13.4. The van der Waals surface area contributed by atoms with E-state index in [9.17, 15) is 18.0 Å². The number of halogens is 4. The van der Waals surface area contributed by atoms with Crippen molar-refractivity contribution in [2.24, 2.45) is 0 Å². The van der Waals surface area contributed by atoms with E-state index in [1.807, 2.05) is 13.0 Å². The van der Waals surface area contributed by atoms with Crippen molar-refractivity contribution in [1.29, 1.82) is 0 Å². The summed E-state index contributed by atoms with van der Waals surface area (Å²) in [6, 6.07) is 12.9. The van der Waals surface area contributed by atoms with E-state index in [0.717, 1.165) is 30.9 Å². The van der Waals surface area contributed by atoms with E-state index < -0.39 is 11.9 Å². The number of benzene rings is 2. The summed E-state index contributed by atoms with van der Waals surface area (Å²) in [6.07, 6.45) is -1.44. The average molecular weight is 462 g/mol. The zero-order valence-corrected chi connectivity index (χ0v) is 18.2. The fraction of sp³-hybridized carbons (Fsp3) is 0.333. The fourth-order valence-electron chi connectivity index (χ4n) is 4.17. The molecule has 1 amide bonds. The van der Waals surface area contributed by atoms with Crippen LogP contribution in [0.25, 0.3) is 10.9 Å². The van der Waals surface area contributed by atoms with Crippen LogP contribution in [0.15, 0.2) is 48.5 Å². The van der Waals surface area contributed by atoms with Crippen LogP contribution < -0.4 is 10.6 Å². The number of carbonyl (C=O) groups is 1. The summed E-state index contributed by atoms with van der Waals surface area (Å²) in [4.78, 5) is 16.4. The van der Waals surface area contributed by atoms with Crippen LogP contribution in [0, 0.1) is 6.92 Å². The summed E-state index contributed by atoms with van der Waals surface area (Å²) in [5.41, 5.74) is 1.22. The summed E-state index contributed by atoms with van der Waals surface area (Å²) >= 11 is 5.97. The SMILES string of the molecule is Cc1ccc2nc(C(F)(F)F)cc(N[C@H]3CCCC(NC(=O)c4cccc(Cl)c4)C3)c2c1. The van der Waals surface area contributed by atoms with Gasteiger partial charge >= 0.3 is 6.18 Å². The molecule has 1 aliphatic carbocycles. The third kappa shape index (κ3) is 5.15. The molecule has 1 saturated carbocycles. The van der Waals surface area contributed by atoms with Crippen LogP contribution in [-0.4, -0.2) is 23.0 Å². The Labute approximate surface area is 189 Å². The number of nitrogens with zero attached hydrogens (tertiary/aromatic N) is 1. The van der Waals surface area contributed by atoms with Gasteiger partial charge in [0.2, 0.25) is 0 Å². The molecule has 4 nitrogen and oxygen atoms in total. The van der Waals surface area contributed by atoms with E-state index >= 15 is 0 Å². The van der Waals surface area contributed by atoms with Crippen molar-refractivity contribution in [2.75, 3.05) is 5.32 Å². The molecule has 1 heterocycles. The molecule has 4 rings (SSSR count). The second-order valence-corrected chi connectivity index (χ2v) is 8.70. The van der Waals surface area contributed by atoms with E-state index in [-0.39, 0.29) is 18.0 Å². The first kappa shape index (κ1) is 22.4. The number of aromatic nitrogens is 1. The number of hydrogen-bond acceptors (Lipinski definition) is 3. The number of aryl methyl sites for hydroxylation is 1. The Morgan fingerprint density at radius 2 is 1.88 bits per heavy atom. The smallest absolute Gasteiger partial charge is 0.382 e. The van der Waals surface area contributed by atoms with Gasteiger partial charge in [-0.3, -0.25) is 4.79 Å². The van der Waals surface area contributed by atoms with Crippen molar-refractivity contribution in [1.82, 2.24) is 10.3 Å². The Kier molecular flexibility index (Phi) is 6.29. The minimum Gasteiger partial charge on any atom is -0.382 e. The number of alkyl halides is 3. The Morgan fingerprint density at radius 1 is 1.09 bits per heavy atom. The maximum atomic E-state index is 13.4. The highest BCUT2D eigenvalue weighted by atomic mass is 35.5. The predicted octanol–water partition coefficient (Wildman–Crippen LogP) is 6.37. The van der Waals surface area contributed by atoms with Crippen molar-refractivity contribution in [2.45, 2.75) is 50.9 Å². The molecule has 168 valence electrons. The lowest BCUT2D eigenvalue weighted by Crippen LogP contribution is -2.41. The number of fused-ring (bicyclic) bond motifs is 1. The van der Waals surface area contributed by atoms with Gasteiger partial charge < -0.3 is 10.6 Å². The molecule has 32 heavy (non-hydrogen) atoms. The number of carbonyl (C=O) groups excluding carboxylic acids is 1. The molecule has 0 spiro atoms. The number of anilines is 1. The van der Waals surface area contributed by atoms with Gasteiger partial charge in [0.1, 0.15) is 5.69 Å². The molecule has 2 N–H and O–H groups in total. The van der Waals surface area contributed by atoms with Gasteiger partial charge in [-0.15, -0.1) is 0 Å². The van der Waals surface area contributed by atoms with Crippen molar-refractivity contribution in [3.05, 3.63) is 70.4 Å². The topological polar surface area (TPSA) is 54.0 Å². The van der Waals surface area contributed by atoms with Crippen molar-refractivity contribution < 1.29 is 18.0 Å². The number of hydrogen-bond donors (Lipinski definition) is 2. The van der Waals surface area contributed by atoms with Gasteiger partial charge in [-0.05, 0) is 69.0 Å². The second kappa shape index (κ2) is 8.98. The van der Waals surface area contributed by atoms with E-state index in [1.165, 1.54) is 0 Å². The van der Waals surface area contributed by atoms with E-state index in [4.69, 9.17) is 11.6 Å². The number of pyridine rings is 1. The van der Waals surface area contributed by atoms with E-state index in [0.29, 0.717) is 33.6 Å². The normalized spacial score (nSPS) is 19.0. The van der Waals surface area contributed by atoms with Gasteiger partial charge in [-0.1, -0.05) is 29.3 Å². The van der Waals surface area contributed by atoms with Crippen LogP contribution in [0.5, 0.6) is 0 Å². The number of nitrogens with one attached hydrogen (secondary N) is 2. The molecule has 0 bridgehead atoms. The minimum atomic E-state index is -4.53. The third-order valence-electron chi connectivity index (χ3n) is 5.71. The molecule has 0 aliphatic heterocycles. The third-order valence-corrected chi connectivity index (χ3v) is 5.95. The summed E-state index contributed by atoms with van der Waals surface area (Å²) in [5.74, 6) is -0.206. The first-order chi connectivity index (χ1) is 15.2. The summed E-state index contributed by atoms with van der Waals surface area (Å²) < 4.78 is 40.2. The first-order valence-corrected chi connectivity index (χ1v) is 10.9. The van der Waals surface area contributed by atoms with Gasteiger partial charge in [-0.2, -0.15) is 13.2 Å². The lowest BCUT2D eigenvalue weighted by atomic mass is 9.90. The molecule has 2 aromatic carbocycles. The molecule has 1 unspecified atom stereocenters. The average Bonchev–Trinajstić information content (AvgIpc) is 2.73. The molecular weight excluding hydrogens is 439 g/mol. The first-order valence-electron chi connectivity index (χ1n) is 10.5. The van der Waals surface area contributed by atoms with Gasteiger partial charge in [0.25, 0.3) is 5.91 Å². The molecule has 8 heteroatoms. The van der Waals surface area contributed by atoms with Crippen LogP contribution in [0.2, 0.25) is 5.02 Å². The van der Waals surface area contributed by atoms with Gasteiger partial charge in [0, 0.05) is 33.7 Å². The second-order valence-electron chi connectivity index (χ2n) is 8.26. The quantitative estimate of drug-likeness (QED) is 0.474. The highest BCUT2D eigenvalue weighted by molar-refractivity contribution is 6.30. The molecule has 1 aromatic heterocycles. The standard InChI is InChI=1S/C24H23ClF3N3O/c1-14-8-9-20-19(10-14)21(13-22(31-20)24(26,27)28)29-17-6-3-7-18(12-17)30-23(32)15-4-2-5-16(25)11-15/h2,4-5,8-11,13,17-18H,3,6-7,12H2,1H3,(H,29,31)(H,30,32)/t17-,18?/m0/s1. The lowest BCUT2D eigenvalue weighted by Gasteiger charge is -2.31. The Hall–Kier alpha value is -2.80. The highest BCUT2D eigenvalue weighted by Gasteiger charge is 2.34. The van der Waals surface area contributed by atoms with Crippen LogP contribution in [0.1, 0.15) is 47.3 Å². The van der Waals surface area contributed by atoms with E-state index in [2.05, 4.69) is 15.6 Å². The fourth-order valence-corrected chi connectivity index (χ4v) is 4.36. The molecule has 0 saturated heterocycles. The largest absolute Gasteiger partial charge is 0.433 e. The Morgan fingerprint density at radius 3 is 2.62 bits per heavy atom. The highest BCUT2D eigenvalue weighted by Crippen LogP contribution is 2.34. The molecular formula is C24H23ClF3N3O. The molecule has 2 atom stereocenters. The zero-order valence-electron chi connectivity index (χ0n) is 17.5. The van der Waals surface area contributed by atoms with Crippen molar-refractivity contribution in [3.8, 4) is 0 Å². The van der Waals surface area contributed by atoms with Crippen LogP contribution in [-0.2, 0) is 6.18 Å². The molecule has 1 fully saturated rings. The van der Waals surface area contributed by atoms with Gasteiger partial charge in [0.05, 0.1) is 5.52 Å². The predicted molar refractivity (Wildman–Crippen MR) is 120 cm³/mol. The summed E-state index contributed by atoms with van der Waals surface area (Å²) in [7, 11) is 0. The van der Waals surface area contributed by atoms with E-state index in [1.54, 1.807) is 36.4 Å². The van der Waals surface area contributed by atoms with Gasteiger partial charge in [0.15, 0.2) is 0 Å². The lowest BCUT2D eigenvalue weighted by molar-refractivity contribution is -0.140. The Balaban J connectivity index is 1.53. The van der Waals surface area contributed by atoms with Crippen LogP contribution in [0.4, 0.5) is 18.9 Å². The van der Waals surface area contributed by atoms with Crippen LogP contribution >= 0.6 is 11.6 Å². The zero-order chi connectivity index (χ0) is 22.9. The van der Waals surface area contributed by atoms with Gasteiger partial charge in [-0.25, -0.2) is 4.98 Å². The number of rotatable bonds is 4. The van der Waals surface area contributed by atoms with Crippen molar-refractivity contribution >= 4 is 34.1 Å². The molecule has 1 aliphatic rings. The number of amides is 1. The summed E-state index contributed by atoms with van der Waals surface area (Å²) in [5, 5.41) is 7.48. The minimum absolute atomic E-state index is 0.0689. The Bertz CT molecular complexity index is 1150. The van der Waals surface area contributed by atoms with Crippen LogP contribution in [0.3, 0.4) is 0 Å².